The van der Waals surface area contributed by atoms with E-state index in [1.165, 1.54) is 18.0 Å². The fraction of sp³-hybridized carbons (Fsp3) is 0.312. The molecular formula is C16H16N2O3. The molecule has 3 rings (SSSR count). The lowest BCUT2D eigenvalue weighted by atomic mass is 10.1. The molecule has 0 radical (unpaired) electrons. The second kappa shape index (κ2) is 5.16. The molecule has 0 aromatic heterocycles. The van der Waals surface area contributed by atoms with E-state index in [0.717, 1.165) is 10.5 Å². The fourth-order valence-electron chi connectivity index (χ4n) is 2.98. The van der Waals surface area contributed by atoms with Crippen molar-refractivity contribution in [2.75, 3.05) is 7.05 Å². The maximum absolute atomic E-state index is 12.3. The third-order valence-electron chi connectivity index (χ3n) is 4.09. The Hall–Kier alpha value is -2.43. The second-order valence-electron chi connectivity index (χ2n) is 5.33. The average Bonchev–Trinajstić information content (AvgIpc) is 2.91. The van der Waals surface area contributed by atoms with E-state index in [1.807, 2.05) is 30.3 Å². The molecule has 2 bridgehead atoms. The number of benzene rings is 1. The highest BCUT2D eigenvalue weighted by atomic mass is 16.2. The van der Waals surface area contributed by atoms with E-state index in [1.54, 1.807) is 6.08 Å². The van der Waals surface area contributed by atoms with Crippen LogP contribution in [-0.4, -0.2) is 46.7 Å². The highest BCUT2D eigenvalue weighted by Gasteiger charge is 2.51. The standard InChI is InChI=1S/C16H16N2O3/c1-17-15(20)12-8-9-13(16(17)21)18(12)14(19)10-7-11-5-3-2-4-6-11/h2-7,10,12-13H,8-9H2,1H3/b10-7+. The number of imide groups is 1. The summed E-state index contributed by atoms with van der Waals surface area (Å²) in [5.74, 6) is -0.841. The molecule has 0 saturated carbocycles. The minimum absolute atomic E-state index is 0.277. The Labute approximate surface area is 122 Å². The molecule has 2 fully saturated rings. The van der Waals surface area contributed by atoms with Crippen molar-refractivity contribution in [3.05, 3.63) is 42.0 Å². The number of carbonyl (C=O) groups excluding carboxylic acids is 3. The van der Waals surface area contributed by atoms with Gasteiger partial charge in [0, 0.05) is 13.1 Å². The number of likely N-dealkylation sites (N-methyl/N-ethyl adjacent to an activating group) is 1. The second-order valence-corrected chi connectivity index (χ2v) is 5.33. The van der Waals surface area contributed by atoms with E-state index < -0.39 is 12.1 Å². The van der Waals surface area contributed by atoms with Crippen molar-refractivity contribution >= 4 is 23.8 Å². The summed E-state index contributed by atoms with van der Waals surface area (Å²) in [6.45, 7) is 0. The zero-order valence-corrected chi connectivity index (χ0v) is 11.7. The lowest BCUT2D eigenvalue weighted by molar-refractivity contribution is -0.159. The first kappa shape index (κ1) is 13.5. The summed E-state index contributed by atoms with van der Waals surface area (Å²) < 4.78 is 0. The number of amides is 3. The molecule has 1 aromatic carbocycles. The van der Waals surface area contributed by atoms with E-state index in [-0.39, 0.29) is 17.7 Å². The van der Waals surface area contributed by atoms with Crippen LogP contribution in [0.3, 0.4) is 0 Å². The summed E-state index contributed by atoms with van der Waals surface area (Å²) in [6.07, 6.45) is 4.26. The molecule has 3 amide bonds. The van der Waals surface area contributed by atoms with Gasteiger partial charge in [0.15, 0.2) is 0 Å². The molecule has 0 aliphatic carbocycles. The minimum Gasteiger partial charge on any atom is -0.315 e. The van der Waals surface area contributed by atoms with Gasteiger partial charge in [-0.15, -0.1) is 0 Å². The van der Waals surface area contributed by atoms with Gasteiger partial charge >= 0.3 is 0 Å². The van der Waals surface area contributed by atoms with Crippen LogP contribution in [0.5, 0.6) is 0 Å². The summed E-state index contributed by atoms with van der Waals surface area (Å²) >= 11 is 0. The van der Waals surface area contributed by atoms with Crippen molar-refractivity contribution in [3.8, 4) is 0 Å². The van der Waals surface area contributed by atoms with Gasteiger partial charge in [0.2, 0.25) is 5.91 Å². The number of fused-ring (bicyclic) bond motifs is 2. The number of likely N-dealkylation sites (tertiary alicyclic amines) is 1. The van der Waals surface area contributed by atoms with Gasteiger partial charge in [-0.1, -0.05) is 30.3 Å². The third-order valence-corrected chi connectivity index (χ3v) is 4.09. The molecule has 2 aliphatic heterocycles. The van der Waals surface area contributed by atoms with Gasteiger partial charge in [-0.2, -0.15) is 0 Å². The summed E-state index contributed by atoms with van der Waals surface area (Å²) in [7, 11) is 1.48. The van der Waals surface area contributed by atoms with Crippen molar-refractivity contribution in [3.63, 3.8) is 0 Å². The van der Waals surface area contributed by atoms with Crippen LogP contribution in [0.25, 0.3) is 6.08 Å². The molecule has 5 heteroatoms. The summed E-state index contributed by atoms with van der Waals surface area (Å²) in [6, 6.07) is 8.46. The number of carbonyl (C=O) groups is 3. The van der Waals surface area contributed by atoms with Crippen LogP contribution < -0.4 is 0 Å². The summed E-state index contributed by atoms with van der Waals surface area (Å²) in [4.78, 5) is 39.1. The number of rotatable bonds is 2. The molecule has 21 heavy (non-hydrogen) atoms. The third kappa shape index (κ3) is 2.24. The molecule has 2 heterocycles. The molecule has 2 saturated heterocycles. The van der Waals surface area contributed by atoms with Crippen molar-refractivity contribution in [2.45, 2.75) is 24.9 Å². The number of hydrogen-bond donors (Lipinski definition) is 0. The Morgan fingerprint density at radius 1 is 1.10 bits per heavy atom. The van der Waals surface area contributed by atoms with Crippen molar-refractivity contribution in [2.24, 2.45) is 0 Å². The van der Waals surface area contributed by atoms with Gasteiger partial charge in [0.1, 0.15) is 12.1 Å². The topological polar surface area (TPSA) is 57.7 Å². The van der Waals surface area contributed by atoms with E-state index in [9.17, 15) is 14.4 Å². The van der Waals surface area contributed by atoms with Crippen molar-refractivity contribution in [1.82, 2.24) is 9.80 Å². The van der Waals surface area contributed by atoms with Gasteiger partial charge < -0.3 is 4.90 Å². The van der Waals surface area contributed by atoms with Gasteiger partial charge in [0.05, 0.1) is 0 Å². The van der Waals surface area contributed by atoms with Gasteiger partial charge in [-0.05, 0) is 24.5 Å². The fourth-order valence-corrected chi connectivity index (χ4v) is 2.98. The first-order valence-electron chi connectivity index (χ1n) is 6.96. The van der Waals surface area contributed by atoms with Crippen LogP contribution in [0.15, 0.2) is 36.4 Å². The van der Waals surface area contributed by atoms with Crippen LogP contribution >= 0.6 is 0 Å². The van der Waals surface area contributed by atoms with Crippen LogP contribution in [0.2, 0.25) is 0 Å². The summed E-state index contributed by atoms with van der Waals surface area (Å²) in [5, 5.41) is 0. The van der Waals surface area contributed by atoms with Crippen LogP contribution in [0, 0.1) is 0 Å². The van der Waals surface area contributed by atoms with Gasteiger partial charge in [-0.3, -0.25) is 19.3 Å². The van der Waals surface area contributed by atoms with Crippen LogP contribution in [0.4, 0.5) is 0 Å². The average molecular weight is 284 g/mol. The van der Waals surface area contributed by atoms with Gasteiger partial charge in [-0.25, -0.2) is 0 Å². The first-order valence-corrected chi connectivity index (χ1v) is 6.96. The largest absolute Gasteiger partial charge is 0.315 e. The highest BCUT2D eigenvalue weighted by Crippen LogP contribution is 2.31. The monoisotopic (exact) mass is 284 g/mol. The SMILES string of the molecule is CN1C(=O)C2CCC(C1=O)N2C(=O)/C=C/c1ccccc1. The predicted molar refractivity (Wildman–Crippen MR) is 76.9 cm³/mol. The van der Waals surface area contributed by atoms with E-state index in [0.29, 0.717) is 12.8 Å². The lowest BCUT2D eigenvalue weighted by Crippen LogP contribution is -2.60. The molecule has 108 valence electrons. The molecule has 1 aromatic rings. The molecule has 2 aliphatic rings. The number of nitrogens with zero attached hydrogens (tertiary/aromatic N) is 2. The zero-order chi connectivity index (χ0) is 15.0. The first-order chi connectivity index (χ1) is 10.1. The number of piperazine rings is 1. The highest BCUT2D eigenvalue weighted by molar-refractivity contribution is 6.08. The van der Waals surface area contributed by atoms with E-state index >= 15 is 0 Å². The zero-order valence-electron chi connectivity index (χ0n) is 11.7. The Bertz CT molecular complexity index is 600. The molecule has 0 N–H and O–H groups in total. The maximum Gasteiger partial charge on any atom is 0.251 e. The smallest absolute Gasteiger partial charge is 0.251 e. The van der Waals surface area contributed by atoms with Crippen LogP contribution in [-0.2, 0) is 14.4 Å². The molecule has 2 atom stereocenters. The Morgan fingerprint density at radius 3 is 2.24 bits per heavy atom. The molecule has 2 unspecified atom stereocenters. The molecule has 0 spiro atoms. The minimum atomic E-state index is -0.495. The Balaban J connectivity index is 1.81. The Kier molecular flexibility index (Phi) is 3.33. The normalized spacial score (nSPS) is 25.0. The van der Waals surface area contributed by atoms with Crippen molar-refractivity contribution in [1.29, 1.82) is 0 Å². The van der Waals surface area contributed by atoms with E-state index in [4.69, 9.17) is 0 Å². The quantitative estimate of drug-likeness (QED) is 0.602. The molecular weight excluding hydrogens is 268 g/mol. The van der Waals surface area contributed by atoms with Crippen LogP contribution in [0.1, 0.15) is 18.4 Å². The van der Waals surface area contributed by atoms with Gasteiger partial charge in [0.25, 0.3) is 11.8 Å². The summed E-state index contributed by atoms with van der Waals surface area (Å²) in [5.41, 5.74) is 0.907. The Morgan fingerprint density at radius 2 is 1.67 bits per heavy atom. The van der Waals surface area contributed by atoms with E-state index in [2.05, 4.69) is 0 Å². The maximum atomic E-state index is 12.3. The van der Waals surface area contributed by atoms with Crippen molar-refractivity contribution < 1.29 is 14.4 Å². The number of hydrogen-bond acceptors (Lipinski definition) is 3. The molecule has 5 nitrogen and oxygen atoms in total. The lowest BCUT2D eigenvalue weighted by Gasteiger charge is -2.36. The predicted octanol–water partition coefficient (Wildman–Crippen LogP) is 1.06.